The maximum absolute atomic E-state index is 12.3. The average Bonchev–Trinajstić information content (AvgIpc) is 2.82. The lowest BCUT2D eigenvalue weighted by atomic mass is 10.2. The predicted molar refractivity (Wildman–Crippen MR) is 76.6 cm³/mol. The summed E-state index contributed by atoms with van der Waals surface area (Å²) in [4.78, 5) is 27.1. The summed E-state index contributed by atoms with van der Waals surface area (Å²) < 4.78 is 4.87. The average molecular weight is 276 g/mol. The van der Waals surface area contributed by atoms with Gasteiger partial charge in [0.2, 0.25) is 5.91 Å². The third-order valence-corrected chi connectivity index (χ3v) is 3.30. The SMILES string of the molecule is CCOC(=O)CN(C)CC(=O)N1CCc2ccccc21. The summed E-state index contributed by atoms with van der Waals surface area (Å²) in [6.07, 6.45) is 0.892. The van der Waals surface area contributed by atoms with Gasteiger partial charge >= 0.3 is 5.97 Å². The van der Waals surface area contributed by atoms with Crippen molar-refractivity contribution in [2.75, 3.05) is 38.2 Å². The second-order valence-corrected chi connectivity index (χ2v) is 4.90. The fraction of sp³-hybridized carbons (Fsp3) is 0.467. The van der Waals surface area contributed by atoms with Crippen molar-refractivity contribution in [3.05, 3.63) is 29.8 Å². The van der Waals surface area contributed by atoms with Crippen LogP contribution in [-0.4, -0.2) is 50.1 Å². The second-order valence-electron chi connectivity index (χ2n) is 4.90. The van der Waals surface area contributed by atoms with Crippen LogP contribution in [-0.2, 0) is 20.7 Å². The van der Waals surface area contributed by atoms with E-state index >= 15 is 0 Å². The number of ether oxygens (including phenoxy) is 1. The van der Waals surface area contributed by atoms with Gasteiger partial charge in [-0.15, -0.1) is 0 Å². The van der Waals surface area contributed by atoms with Gasteiger partial charge in [-0.2, -0.15) is 0 Å². The molecule has 1 aromatic rings. The van der Waals surface area contributed by atoms with Crippen LogP contribution in [0.2, 0.25) is 0 Å². The molecule has 0 atom stereocenters. The minimum atomic E-state index is -0.301. The molecule has 1 aromatic carbocycles. The van der Waals surface area contributed by atoms with E-state index in [0.717, 1.165) is 12.1 Å². The number of likely N-dealkylation sites (N-methyl/N-ethyl adjacent to an activating group) is 1. The minimum Gasteiger partial charge on any atom is -0.465 e. The van der Waals surface area contributed by atoms with Crippen molar-refractivity contribution in [3.8, 4) is 0 Å². The van der Waals surface area contributed by atoms with Crippen molar-refractivity contribution in [2.45, 2.75) is 13.3 Å². The number of anilines is 1. The van der Waals surface area contributed by atoms with Crippen LogP contribution in [0.1, 0.15) is 12.5 Å². The van der Waals surface area contributed by atoms with Gasteiger partial charge in [0.1, 0.15) is 0 Å². The van der Waals surface area contributed by atoms with Crippen LogP contribution in [0.4, 0.5) is 5.69 Å². The zero-order chi connectivity index (χ0) is 14.5. The van der Waals surface area contributed by atoms with Gasteiger partial charge in [-0.05, 0) is 32.0 Å². The Morgan fingerprint density at radius 2 is 2.05 bits per heavy atom. The number of amides is 1. The van der Waals surface area contributed by atoms with Crippen molar-refractivity contribution >= 4 is 17.6 Å². The zero-order valence-electron chi connectivity index (χ0n) is 12.0. The first-order valence-electron chi connectivity index (χ1n) is 6.84. The molecule has 20 heavy (non-hydrogen) atoms. The van der Waals surface area contributed by atoms with Gasteiger partial charge in [0.05, 0.1) is 19.7 Å². The highest BCUT2D eigenvalue weighted by Crippen LogP contribution is 2.27. The number of carbonyl (C=O) groups is 2. The molecule has 0 spiro atoms. The molecule has 1 amide bonds. The number of fused-ring (bicyclic) bond motifs is 1. The first-order valence-corrected chi connectivity index (χ1v) is 6.84. The van der Waals surface area contributed by atoms with Crippen LogP contribution in [0.3, 0.4) is 0 Å². The largest absolute Gasteiger partial charge is 0.465 e. The molecule has 0 saturated carbocycles. The first-order chi connectivity index (χ1) is 9.61. The van der Waals surface area contributed by atoms with Crippen LogP contribution < -0.4 is 4.90 Å². The van der Waals surface area contributed by atoms with Crippen molar-refractivity contribution in [2.24, 2.45) is 0 Å². The Morgan fingerprint density at radius 3 is 2.80 bits per heavy atom. The van der Waals surface area contributed by atoms with Crippen molar-refractivity contribution in [1.29, 1.82) is 0 Å². The molecule has 1 heterocycles. The number of hydrogen-bond donors (Lipinski definition) is 0. The third-order valence-electron chi connectivity index (χ3n) is 3.30. The molecule has 5 nitrogen and oxygen atoms in total. The molecule has 108 valence electrons. The summed E-state index contributed by atoms with van der Waals surface area (Å²) in [5.74, 6) is -0.286. The summed E-state index contributed by atoms with van der Waals surface area (Å²) in [5, 5.41) is 0. The monoisotopic (exact) mass is 276 g/mol. The number of nitrogens with zero attached hydrogens (tertiary/aromatic N) is 2. The highest BCUT2D eigenvalue weighted by Gasteiger charge is 2.25. The molecule has 0 fully saturated rings. The Morgan fingerprint density at radius 1 is 1.30 bits per heavy atom. The van der Waals surface area contributed by atoms with E-state index in [-0.39, 0.29) is 25.0 Å². The Labute approximate surface area is 119 Å². The van der Waals surface area contributed by atoms with Crippen LogP contribution in [0.25, 0.3) is 0 Å². The standard InChI is InChI=1S/C15H20N2O3/c1-3-20-15(19)11-16(2)10-14(18)17-9-8-12-6-4-5-7-13(12)17/h4-7H,3,8-11H2,1-2H3. The van der Waals surface area contributed by atoms with E-state index in [4.69, 9.17) is 4.74 Å². The van der Waals surface area contributed by atoms with E-state index in [1.807, 2.05) is 24.3 Å². The molecule has 0 radical (unpaired) electrons. The van der Waals surface area contributed by atoms with E-state index in [1.165, 1.54) is 5.56 Å². The third kappa shape index (κ3) is 3.36. The van der Waals surface area contributed by atoms with Gasteiger partial charge in [0.15, 0.2) is 0 Å². The number of rotatable bonds is 5. The molecule has 0 aliphatic carbocycles. The summed E-state index contributed by atoms with van der Waals surface area (Å²) in [6, 6.07) is 7.93. The van der Waals surface area contributed by atoms with Crippen LogP contribution in [0, 0.1) is 0 Å². The lowest BCUT2D eigenvalue weighted by Gasteiger charge is -2.21. The molecule has 0 bridgehead atoms. The molecule has 5 heteroatoms. The van der Waals surface area contributed by atoms with E-state index in [9.17, 15) is 9.59 Å². The van der Waals surface area contributed by atoms with Crippen molar-refractivity contribution in [1.82, 2.24) is 4.90 Å². The van der Waals surface area contributed by atoms with Gasteiger partial charge in [0, 0.05) is 12.2 Å². The minimum absolute atomic E-state index is 0.0155. The molecule has 0 aromatic heterocycles. The fourth-order valence-corrected chi connectivity index (χ4v) is 2.40. The number of esters is 1. The first kappa shape index (κ1) is 14.5. The Bertz CT molecular complexity index is 502. The number of hydrogen-bond acceptors (Lipinski definition) is 4. The van der Waals surface area contributed by atoms with Crippen molar-refractivity contribution in [3.63, 3.8) is 0 Å². The smallest absolute Gasteiger partial charge is 0.320 e. The zero-order valence-corrected chi connectivity index (χ0v) is 12.0. The second kappa shape index (κ2) is 6.52. The summed E-state index contributed by atoms with van der Waals surface area (Å²) in [6.45, 7) is 3.19. The van der Waals surface area contributed by atoms with Gasteiger partial charge in [-0.25, -0.2) is 0 Å². The molecular formula is C15H20N2O3. The highest BCUT2D eigenvalue weighted by atomic mass is 16.5. The molecule has 0 N–H and O–H groups in total. The van der Waals surface area contributed by atoms with Gasteiger partial charge in [0.25, 0.3) is 0 Å². The molecule has 1 aliphatic heterocycles. The molecule has 0 saturated heterocycles. The lowest BCUT2D eigenvalue weighted by Crippen LogP contribution is -2.40. The maximum atomic E-state index is 12.3. The van der Waals surface area contributed by atoms with E-state index in [2.05, 4.69) is 0 Å². The van der Waals surface area contributed by atoms with Gasteiger partial charge < -0.3 is 9.64 Å². The summed E-state index contributed by atoms with van der Waals surface area (Å²) >= 11 is 0. The fourth-order valence-electron chi connectivity index (χ4n) is 2.40. The summed E-state index contributed by atoms with van der Waals surface area (Å²) in [7, 11) is 1.75. The summed E-state index contributed by atoms with van der Waals surface area (Å²) in [5.41, 5.74) is 2.19. The molecular weight excluding hydrogens is 256 g/mol. The predicted octanol–water partition coefficient (Wildman–Crippen LogP) is 1.07. The Balaban J connectivity index is 1.91. The van der Waals surface area contributed by atoms with E-state index in [1.54, 1.807) is 23.8 Å². The van der Waals surface area contributed by atoms with Crippen LogP contribution >= 0.6 is 0 Å². The topological polar surface area (TPSA) is 49.9 Å². The molecule has 0 unspecified atom stereocenters. The number of para-hydroxylation sites is 1. The Kier molecular flexibility index (Phi) is 4.74. The highest BCUT2D eigenvalue weighted by molar-refractivity contribution is 5.96. The Hall–Kier alpha value is -1.88. The molecule has 1 aliphatic rings. The van der Waals surface area contributed by atoms with Crippen molar-refractivity contribution < 1.29 is 14.3 Å². The maximum Gasteiger partial charge on any atom is 0.320 e. The van der Waals surface area contributed by atoms with Crippen LogP contribution in [0.5, 0.6) is 0 Å². The van der Waals surface area contributed by atoms with Gasteiger partial charge in [-0.3, -0.25) is 14.5 Å². The van der Waals surface area contributed by atoms with E-state index < -0.39 is 0 Å². The normalized spacial score (nSPS) is 13.4. The number of carbonyl (C=O) groups excluding carboxylic acids is 2. The molecule has 2 rings (SSSR count). The van der Waals surface area contributed by atoms with E-state index in [0.29, 0.717) is 13.2 Å². The quantitative estimate of drug-likeness (QED) is 0.755. The van der Waals surface area contributed by atoms with Crippen LogP contribution in [0.15, 0.2) is 24.3 Å². The lowest BCUT2D eigenvalue weighted by molar-refractivity contribution is -0.144. The number of benzene rings is 1. The van der Waals surface area contributed by atoms with Gasteiger partial charge in [-0.1, -0.05) is 18.2 Å².